The lowest BCUT2D eigenvalue weighted by Crippen LogP contribution is -2.29. The molecule has 1 amide bonds. The van der Waals surface area contributed by atoms with Crippen LogP contribution in [-0.2, 0) is 9.84 Å². The Morgan fingerprint density at radius 1 is 1.10 bits per heavy atom. The number of hydroxylamine groups is 1. The molecule has 0 aliphatic rings. The first-order chi connectivity index (χ1) is 14.4. The first kappa shape index (κ1) is 21.3. The van der Waals surface area contributed by atoms with Crippen molar-refractivity contribution < 1.29 is 23.2 Å². The van der Waals surface area contributed by atoms with Gasteiger partial charge >= 0.3 is 0 Å². The van der Waals surface area contributed by atoms with Gasteiger partial charge in [-0.3, -0.25) is 15.0 Å². The summed E-state index contributed by atoms with van der Waals surface area (Å²) in [6.45, 7) is 1.76. The number of hydrogen-bond donors (Lipinski definition) is 2. The van der Waals surface area contributed by atoms with Gasteiger partial charge in [-0.2, -0.15) is 0 Å². The maximum absolute atomic E-state index is 13.2. The van der Waals surface area contributed by atoms with Gasteiger partial charge in [0.2, 0.25) is 0 Å². The van der Waals surface area contributed by atoms with E-state index in [-0.39, 0.29) is 10.5 Å². The maximum atomic E-state index is 13.2. The molecule has 9 heteroatoms. The molecule has 0 fully saturated rings. The van der Waals surface area contributed by atoms with E-state index in [1.54, 1.807) is 48.8 Å². The average Bonchev–Trinajstić information content (AvgIpc) is 2.77. The SMILES string of the molecule is COc1ccc(S(=O)(=O)CN(c2ccncc2)c2c(C)cccc2C(=O)NO)cc1. The fourth-order valence-corrected chi connectivity index (χ4v) is 4.40. The van der Waals surface area contributed by atoms with E-state index in [9.17, 15) is 13.2 Å². The highest BCUT2D eigenvalue weighted by Crippen LogP contribution is 2.33. The number of anilines is 2. The highest BCUT2D eigenvalue weighted by Gasteiger charge is 2.26. The Balaban J connectivity index is 2.13. The van der Waals surface area contributed by atoms with Crippen LogP contribution >= 0.6 is 0 Å². The van der Waals surface area contributed by atoms with E-state index in [0.717, 1.165) is 0 Å². The summed E-state index contributed by atoms with van der Waals surface area (Å²) >= 11 is 0. The largest absolute Gasteiger partial charge is 0.497 e. The van der Waals surface area contributed by atoms with Gasteiger partial charge in [0, 0.05) is 18.1 Å². The van der Waals surface area contributed by atoms with Crippen LogP contribution in [0.4, 0.5) is 11.4 Å². The molecule has 8 nitrogen and oxygen atoms in total. The molecule has 3 aromatic rings. The normalized spacial score (nSPS) is 11.0. The molecule has 0 aliphatic carbocycles. The first-order valence-electron chi connectivity index (χ1n) is 8.96. The van der Waals surface area contributed by atoms with Gasteiger partial charge in [0.15, 0.2) is 9.84 Å². The summed E-state index contributed by atoms with van der Waals surface area (Å²) in [7, 11) is -2.29. The Labute approximate surface area is 174 Å². The van der Waals surface area contributed by atoms with E-state index in [2.05, 4.69) is 4.98 Å². The van der Waals surface area contributed by atoms with Crippen LogP contribution in [0, 0.1) is 6.92 Å². The molecule has 1 heterocycles. The minimum absolute atomic E-state index is 0.115. The van der Waals surface area contributed by atoms with Gasteiger partial charge in [-0.15, -0.1) is 0 Å². The van der Waals surface area contributed by atoms with Gasteiger partial charge < -0.3 is 9.64 Å². The second kappa shape index (κ2) is 8.93. The van der Waals surface area contributed by atoms with Gasteiger partial charge in [-0.05, 0) is 55.0 Å². The van der Waals surface area contributed by atoms with E-state index < -0.39 is 21.6 Å². The number of aryl methyl sites for hydroxylation is 1. The Morgan fingerprint density at radius 2 is 1.77 bits per heavy atom. The second-order valence-corrected chi connectivity index (χ2v) is 8.42. The van der Waals surface area contributed by atoms with Crippen molar-refractivity contribution >= 4 is 27.1 Å². The zero-order chi connectivity index (χ0) is 21.7. The van der Waals surface area contributed by atoms with Crippen LogP contribution in [0.25, 0.3) is 0 Å². The first-order valence-corrected chi connectivity index (χ1v) is 10.6. The number of carbonyl (C=O) groups excluding carboxylic acids is 1. The number of hydrogen-bond acceptors (Lipinski definition) is 7. The van der Waals surface area contributed by atoms with Crippen molar-refractivity contribution in [3.8, 4) is 5.75 Å². The predicted molar refractivity (Wildman–Crippen MR) is 112 cm³/mol. The van der Waals surface area contributed by atoms with Crippen LogP contribution < -0.4 is 15.1 Å². The minimum Gasteiger partial charge on any atom is -0.497 e. The molecule has 0 unspecified atom stereocenters. The Bertz CT molecular complexity index is 1130. The summed E-state index contributed by atoms with van der Waals surface area (Å²) in [5.41, 5.74) is 3.32. The fraction of sp³-hybridized carbons (Fsp3) is 0.143. The highest BCUT2D eigenvalue weighted by molar-refractivity contribution is 7.91. The van der Waals surface area contributed by atoms with Gasteiger partial charge in [0.25, 0.3) is 5.91 Å². The molecule has 3 rings (SSSR count). The highest BCUT2D eigenvalue weighted by atomic mass is 32.2. The molecule has 0 spiro atoms. The standard InChI is InChI=1S/C21H21N3O5S/c1-15-4-3-5-19(21(25)23-26)20(15)24(16-10-12-22-13-11-16)14-30(27,28)18-8-6-17(29-2)7-9-18/h3-13,26H,14H2,1-2H3,(H,23,25). The smallest absolute Gasteiger partial charge is 0.276 e. The van der Waals surface area contributed by atoms with Gasteiger partial charge in [0.1, 0.15) is 11.6 Å². The summed E-state index contributed by atoms with van der Waals surface area (Å²) in [5.74, 6) is -0.629. The lowest BCUT2D eigenvalue weighted by Gasteiger charge is -2.28. The quantitative estimate of drug-likeness (QED) is 0.440. The number of rotatable bonds is 7. The summed E-state index contributed by atoms with van der Waals surface area (Å²) in [4.78, 5) is 17.9. The monoisotopic (exact) mass is 427 g/mol. The number of pyridine rings is 1. The van der Waals surface area contributed by atoms with Crippen molar-refractivity contribution in [3.05, 3.63) is 78.1 Å². The third kappa shape index (κ3) is 4.42. The second-order valence-electron chi connectivity index (χ2n) is 6.46. The van der Waals surface area contributed by atoms with E-state index in [4.69, 9.17) is 9.94 Å². The van der Waals surface area contributed by atoms with Gasteiger partial charge in [-0.25, -0.2) is 13.9 Å². The van der Waals surface area contributed by atoms with E-state index >= 15 is 0 Å². The number of amides is 1. The van der Waals surface area contributed by atoms with Gasteiger partial charge in [-0.1, -0.05) is 12.1 Å². The molecule has 0 saturated heterocycles. The molecule has 0 atom stereocenters. The summed E-state index contributed by atoms with van der Waals surface area (Å²) in [5, 5.41) is 9.16. The van der Waals surface area contributed by atoms with Gasteiger partial charge in [0.05, 0.1) is 23.3 Å². The summed E-state index contributed by atoms with van der Waals surface area (Å²) < 4.78 is 31.5. The number of benzene rings is 2. The minimum atomic E-state index is -3.79. The lowest BCUT2D eigenvalue weighted by atomic mass is 10.1. The molecule has 30 heavy (non-hydrogen) atoms. The fourth-order valence-electron chi connectivity index (χ4n) is 3.08. The molecule has 0 saturated carbocycles. The molecule has 0 aliphatic heterocycles. The Kier molecular flexibility index (Phi) is 6.34. The number of methoxy groups -OCH3 is 1. The van der Waals surface area contributed by atoms with Crippen LogP contribution in [0.3, 0.4) is 0 Å². The summed E-state index contributed by atoms with van der Waals surface area (Å²) in [6.07, 6.45) is 3.07. The molecule has 1 aromatic heterocycles. The van der Waals surface area contributed by atoms with Crippen molar-refractivity contribution in [2.24, 2.45) is 0 Å². The van der Waals surface area contributed by atoms with Crippen LogP contribution in [0.1, 0.15) is 15.9 Å². The van der Waals surface area contributed by atoms with E-state index in [0.29, 0.717) is 22.7 Å². The zero-order valence-electron chi connectivity index (χ0n) is 16.4. The molecule has 2 N–H and O–H groups in total. The third-order valence-corrected chi connectivity index (χ3v) is 6.13. The van der Waals surface area contributed by atoms with Crippen LogP contribution in [0.15, 0.2) is 71.9 Å². The van der Waals surface area contributed by atoms with E-state index in [1.165, 1.54) is 42.6 Å². The number of ether oxygens (including phenoxy) is 1. The van der Waals surface area contributed by atoms with Crippen molar-refractivity contribution in [2.45, 2.75) is 11.8 Å². The third-order valence-electron chi connectivity index (χ3n) is 4.55. The molecular weight excluding hydrogens is 406 g/mol. The topological polar surface area (TPSA) is 109 Å². The van der Waals surface area contributed by atoms with Crippen molar-refractivity contribution in [3.63, 3.8) is 0 Å². The molecule has 2 aromatic carbocycles. The molecule has 156 valence electrons. The van der Waals surface area contributed by atoms with Crippen LogP contribution in [-0.4, -0.2) is 37.5 Å². The number of sulfone groups is 1. The van der Waals surface area contributed by atoms with Crippen molar-refractivity contribution in [1.82, 2.24) is 10.5 Å². The molecule has 0 bridgehead atoms. The average molecular weight is 427 g/mol. The van der Waals surface area contributed by atoms with Crippen LogP contribution in [0.5, 0.6) is 5.75 Å². The van der Waals surface area contributed by atoms with Crippen molar-refractivity contribution in [1.29, 1.82) is 0 Å². The number of nitrogens with one attached hydrogen (secondary N) is 1. The van der Waals surface area contributed by atoms with E-state index in [1.807, 2.05) is 0 Å². The summed E-state index contributed by atoms with van der Waals surface area (Å²) in [6, 6.07) is 14.3. The van der Waals surface area contributed by atoms with Crippen LogP contribution in [0.2, 0.25) is 0 Å². The zero-order valence-corrected chi connectivity index (χ0v) is 17.3. The number of para-hydroxylation sites is 1. The number of aromatic nitrogens is 1. The predicted octanol–water partition coefficient (Wildman–Crippen LogP) is 3.09. The molecule has 0 radical (unpaired) electrons. The maximum Gasteiger partial charge on any atom is 0.276 e. The lowest BCUT2D eigenvalue weighted by molar-refractivity contribution is 0.0707. The van der Waals surface area contributed by atoms with Crippen molar-refractivity contribution in [2.75, 3.05) is 17.9 Å². The number of nitrogens with zero attached hydrogens (tertiary/aromatic N) is 2. The Morgan fingerprint density at radius 3 is 2.37 bits per heavy atom. The Hall–Kier alpha value is -3.43. The number of carbonyl (C=O) groups is 1. The molecular formula is C21H21N3O5S.